The molecular formula is C28H31NO5. The number of carboxylic acids is 1. The fourth-order valence-electron chi connectivity index (χ4n) is 4.34. The number of rotatable bonds is 10. The van der Waals surface area contributed by atoms with Crippen LogP contribution in [0.1, 0.15) is 49.0 Å². The van der Waals surface area contributed by atoms with E-state index in [9.17, 15) is 9.59 Å². The summed E-state index contributed by atoms with van der Waals surface area (Å²) in [5, 5.41) is 9.04. The fraction of sp³-hybridized carbons (Fsp3) is 0.357. The first-order valence-electron chi connectivity index (χ1n) is 11.8. The number of carbonyl (C=O) groups excluding carboxylic acids is 1. The maximum atomic E-state index is 13.3. The second-order valence-electron chi connectivity index (χ2n) is 9.20. The zero-order valence-corrected chi connectivity index (χ0v) is 19.6. The first kappa shape index (κ1) is 23.6. The predicted molar refractivity (Wildman–Crippen MR) is 130 cm³/mol. The predicted octanol–water partition coefficient (Wildman–Crippen LogP) is 5.88. The quantitative estimate of drug-likeness (QED) is 0.408. The van der Waals surface area contributed by atoms with Crippen LogP contribution in [0.2, 0.25) is 0 Å². The van der Waals surface area contributed by atoms with Crippen LogP contribution >= 0.6 is 0 Å². The monoisotopic (exact) mass is 461 g/mol. The number of amides is 1. The minimum Gasteiger partial charge on any atom is -0.493 e. The van der Waals surface area contributed by atoms with Gasteiger partial charge in [-0.25, -0.2) is 0 Å². The summed E-state index contributed by atoms with van der Waals surface area (Å²) in [6.45, 7) is 5.00. The maximum absolute atomic E-state index is 13.3. The van der Waals surface area contributed by atoms with Crippen LogP contribution in [0.15, 0.2) is 71.3 Å². The molecule has 1 fully saturated rings. The van der Waals surface area contributed by atoms with Crippen molar-refractivity contribution in [3.8, 4) is 17.1 Å². The van der Waals surface area contributed by atoms with Gasteiger partial charge in [0.15, 0.2) is 0 Å². The number of ether oxygens (including phenoxy) is 1. The van der Waals surface area contributed by atoms with E-state index >= 15 is 0 Å². The van der Waals surface area contributed by atoms with Crippen molar-refractivity contribution in [2.24, 2.45) is 11.8 Å². The van der Waals surface area contributed by atoms with Gasteiger partial charge in [-0.3, -0.25) is 9.59 Å². The van der Waals surface area contributed by atoms with Gasteiger partial charge in [-0.15, -0.1) is 0 Å². The van der Waals surface area contributed by atoms with Crippen molar-refractivity contribution >= 4 is 11.9 Å². The molecule has 0 radical (unpaired) electrons. The van der Waals surface area contributed by atoms with Crippen LogP contribution in [-0.2, 0) is 11.3 Å². The number of para-hydroxylation sites is 1. The number of furan rings is 1. The number of nitrogens with zero attached hydrogens (tertiary/aromatic N) is 1. The molecule has 0 bridgehead atoms. The van der Waals surface area contributed by atoms with Crippen molar-refractivity contribution in [1.29, 1.82) is 0 Å². The lowest BCUT2D eigenvalue weighted by Crippen LogP contribution is -2.36. The lowest BCUT2D eigenvalue weighted by atomic mass is 9.73. The number of benzene rings is 2. The highest BCUT2D eigenvalue weighted by molar-refractivity contribution is 5.94. The van der Waals surface area contributed by atoms with Crippen molar-refractivity contribution < 1.29 is 23.8 Å². The Morgan fingerprint density at radius 3 is 2.44 bits per heavy atom. The normalized spacial score (nSPS) is 17.3. The summed E-state index contributed by atoms with van der Waals surface area (Å²) in [6, 6.07) is 19.0. The molecule has 0 atom stereocenters. The molecule has 1 amide bonds. The van der Waals surface area contributed by atoms with Gasteiger partial charge in [0, 0.05) is 29.3 Å². The number of hydrogen-bond acceptors (Lipinski definition) is 4. The minimum atomic E-state index is -0.698. The number of hydrogen-bond donors (Lipinski definition) is 1. The van der Waals surface area contributed by atoms with Gasteiger partial charge in [-0.1, -0.05) is 30.3 Å². The SMILES string of the molecule is CC(C)N(Cc1ccccc1OCCC1CC(C(=O)O)C1)C(=O)c1ccc(-c2ccco2)cc1. The van der Waals surface area contributed by atoms with Crippen molar-refractivity contribution in [3.05, 3.63) is 78.1 Å². The van der Waals surface area contributed by atoms with Crippen molar-refractivity contribution in [2.45, 2.75) is 45.7 Å². The van der Waals surface area contributed by atoms with Crippen LogP contribution in [0.4, 0.5) is 0 Å². The van der Waals surface area contributed by atoms with E-state index in [1.807, 2.05) is 79.4 Å². The fourth-order valence-corrected chi connectivity index (χ4v) is 4.34. The van der Waals surface area contributed by atoms with Crippen molar-refractivity contribution in [2.75, 3.05) is 6.61 Å². The Morgan fingerprint density at radius 1 is 1.06 bits per heavy atom. The summed E-state index contributed by atoms with van der Waals surface area (Å²) in [6.07, 6.45) is 3.93. The van der Waals surface area contributed by atoms with E-state index in [2.05, 4.69) is 0 Å². The Hall–Kier alpha value is -3.54. The van der Waals surface area contributed by atoms with Gasteiger partial charge in [-0.05, 0) is 69.4 Å². The van der Waals surface area contributed by atoms with Crippen LogP contribution in [0.5, 0.6) is 5.75 Å². The van der Waals surface area contributed by atoms with Gasteiger partial charge in [0.2, 0.25) is 0 Å². The van der Waals surface area contributed by atoms with Gasteiger partial charge < -0.3 is 19.2 Å². The van der Waals surface area contributed by atoms with E-state index in [1.165, 1.54) is 0 Å². The molecule has 1 aliphatic rings. The summed E-state index contributed by atoms with van der Waals surface area (Å²) in [5.41, 5.74) is 2.51. The highest BCUT2D eigenvalue weighted by atomic mass is 16.5. The van der Waals surface area contributed by atoms with Crippen LogP contribution in [0, 0.1) is 11.8 Å². The molecule has 0 aliphatic heterocycles. The average molecular weight is 462 g/mol. The van der Waals surface area contributed by atoms with E-state index in [-0.39, 0.29) is 17.9 Å². The van der Waals surface area contributed by atoms with Gasteiger partial charge in [0.05, 0.1) is 18.8 Å². The molecule has 1 aliphatic carbocycles. The smallest absolute Gasteiger partial charge is 0.306 e. The second-order valence-corrected chi connectivity index (χ2v) is 9.20. The van der Waals surface area contributed by atoms with Gasteiger partial charge >= 0.3 is 5.97 Å². The van der Waals surface area contributed by atoms with Crippen molar-refractivity contribution in [3.63, 3.8) is 0 Å². The summed E-state index contributed by atoms with van der Waals surface area (Å²) < 4.78 is 11.5. The Labute approximate surface area is 200 Å². The third-order valence-electron chi connectivity index (χ3n) is 6.50. The first-order chi connectivity index (χ1) is 16.4. The molecule has 1 aromatic heterocycles. The molecule has 0 unspecified atom stereocenters. The Bertz CT molecular complexity index is 1100. The Kier molecular flexibility index (Phi) is 7.36. The summed E-state index contributed by atoms with van der Waals surface area (Å²) in [7, 11) is 0. The zero-order chi connectivity index (χ0) is 24.1. The summed E-state index contributed by atoms with van der Waals surface area (Å²) in [5.74, 6) is 1.01. The van der Waals surface area contributed by atoms with Crippen molar-refractivity contribution in [1.82, 2.24) is 4.90 Å². The molecule has 6 nitrogen and oxygen atoms in total. The van der Waals surface area contributed by atoms with E-state index in [4.69, 9.17) is 14.3 Å². The topological polar surface area (TPSA) is 80.0 Å². The van der Waals surface area contributed by atoms with E-state index < -0.39 is 5.97 Å². The van der Waals surface area contributed by atoms with Gasteiger partial charge in [0.25, 0.3) is 5.91 Å². The molecule has 3 aromatic rings. The van der Waals surface area contributed by atoms with Crippen LogP contribution < -0.4 is 4.74 Å². The molecule has 1 saturated carbocycles. The maximum Gasteiger partial charge on any atom is 0.306 e. The van der Waals surface area contributed by atoms with Crippen LogP contribution in [-0.4, -0.2) is 34.5 Å². The molecule has 1 N–H and O–H groups in total. The molecule has 2 aromatic carbocycles. The molecule has 0 spiro atoms. The average Bonchev–Trinajstić information content (AvgIpc) is 3.34. The van der Waals surface area contributed by atoms with Gasteiger partial charge in [0.1, 0.15) is 11.5 Å². The lowest BCUT2D eigenvalue weighted by Gasteiger charge is -2.32. The molecule has 0 saturated heterocycles. The number of aliphatic carboxylic acids is 1. The molecular weight excluding hydrogens is 430 g/mol. The Balaban J connectivity index is 1.39. The molecule has 4 rings (SSSR count). The molecule has 6 heteroatoms. The van der Waals surface area contributed by atoms with Gasteiger partial charge in [-0.2, -0.15) is 0 Å². The number of carboxylic acid groups (broad SMARTS) is 1. The van der Waals surface area contributed by atoms with E-state index in [1.54, 1.807) is 6.26 Å². The summed E-state index contributed by atoms with van der Waals surface area (Å²) in [4.78, 5) is 26.2. The standard InChI is InChI=1S/C28H31NO5/c1-19(2)29(27(30)22-11-9-21(10-12-22)25-8-5-14-33-25)18-23-6-3-4-7-26(23)34-15-13-20-16-24(17-20)28(31)32/h3-12,14,19-20,24H,13,15-18H2,1-2H3,(H,31,32). The number of carbonyl (C=O) groups is 2. The third-order valence-corrected chi connectivity index (χ3v) is 6.50. The Morgan fingerprint density at radius 2 is 1.79 bits per heavy atom. The molecule has 178 valence electrons. The molecule has 34 heavy (non-hydrogen) atoms. The minimum absolute atomic E-state index is 0.00762. The van der Waals surface area contributed by atoms with E-state index in [0.29, 0.717) is 24.6 Å². The molecule has 1 heterocycles. The lowest BCUT2D eigenvalue weighted by molar-refractivity contribution is -0.146. The zero-order valence-electron chi connectivity index (χ0n) is 19.6. The largest absolute Gasteiger partial charge is 0.493 e. The first-order valence-corrected chi connectivity index (χ1v) is 11.8. The highest BCUT2D eigenvalue weighted by Gasteiger charge is 2.34. The third kappa shape index (κ3) is 5.50. The summed E-state index contributed by atoms with van der Waals surface area (Å²) >= 11 is 0. The van der Waals surface area contributed by atoms with E-state index in [0.717, 1.165) is 41.9 Å². The van der Waals surface area contributed by atoms with Crippen LogP contribution in [0.3, 0.4) is 0 Å². The highest BCUT2D eigenvalue weighted by Crippen LogP contribution is 2.36. The second kappa shape index (κ2) is 10.6. The van der Waals surface area contributed by atoms with Crippen LogP contribution in [0.25, 0.3) is 11.3 Å².